The van der Waals surface area contributed by atoms with Gasteiger partial charge in [-0.2, -0.15) is 34.8 Å². The molecule has 2 aromatic carbocycles. The highest BCUT2D eigenvalue weighted by atomic mass is 32.2. The second-order valence-electron chi connectivity index (χ2n) is 12.2. The maximum Gasteiger partial charge on any atom is 0.416 e. The van der Waals surface area contributed by atoms with E-state index in [1.807, 2.05) is 13.8 Å². The van der Waals surface area contributed by atoms with E-state index in [0.29, 0.717) is 37.1 Å². The molecule has 3 fully saturated rings. The molecule has 0 unspecified atom stereocenters. The summed E-state index contributed by atoms with van der Waals surface area (Å²) in [6.45, 7) is 5.90. The molecule has 2 aromatic rings. The van der Waals surface area contributed by atoms with Gasteiger partial charge in [-0.1, -0.05) is 26.0 Å². The van der Waals surface area contributed by atoms with E-state index < -0.39 is 69.0 Å². The molecule has 45 heavy (non-hydrogen) atoms. The van der Waals surface area contributed by atoms with Crippen LogP contribution in [0.15, 0.2) is 42.5 Å². The number of morpholine rings is 1. The van der Waals surface area contributed by atoms with Gasteiger partial charge in [0, 0.05) is 13.0 Å². The molecule has 2 saturated carbocycles. The van der Waals surface area contributed by atoms with E-state index in [1.54, 1.807) is 0 Å². The van der Waals surface area contributed by atoms with E-state index in [-0.39, 0.29) is 35.4 Å². The Kier molecular flexibility index (Phi) is 9.83. The smallest absolute Gasteiger partial charge is 0.349 e. The Hall–Kier alpha value is -2.59. The van der Waals surface area contributed by atoms with E-state index >= 15 is 0 Å². The second-order valence-corrected chi connectivity index (χ2v) is 13.7. The molecule has 2 bridgehead atoms. The van der Waals surface area contributed by atoms with Gasteiger partial charge in [0.15, 0.2) is 6.29 Å². The Morgan fingerprint density at radius 2 is 1.62 bits per heavy atom. The van der Waals surface area contributed by atoms with Gasteiger partial charge in [0.25, 0.3) is 10.1 Å². The van der Waals surface area contributed by atoms with Crippen molar-refractivity contribution in [1.29, 1.82) is 0 Å². The van der Waals surface area contributed by atoms with E-state index in [1.165, 1.54) is 31.2 Å². The van der Waals surface area contributed by atoms with Crippen LogP contribution >= 0.6 is 0 Å². The number of rotatable bonds is 6. The fraction of sp³-hybridized carbons (Fsp3) is 0.567. The van der Waals surface area contributed by atoms with Crippen LogP contribution in [0.1, 0.15) is 74.4 Å². The first-order valence-electron chi connectivity index (χ1n) is 14.2. The van der Waals surface area contributed by atoms with E-state index in [2.05, 4.69) is 5.32 Å². The van der Waals surface area contributed by atoms with Crippen molar-refractivity contribution in [2.75, 3.05) is 18.9 Å². The van der Waals surface area contributed by atoms with Gasteiger partial charge in [-0.3, -0.25) is 9.35 Å². The minimum absolute atomic E-state index is 0.0152. The summed E-state index contributed by atoms with van der Waals surface area (Å²) in [5, 5.41) is 3.10. The Bertz CT molecular complexity index is 1460. The summed E-state index contributed by atoms with van der Waals surface area (Å²) in [6, 6.07) is 6.20. The molecule has 3 aliphatic rings. The Morgan fingerprint density at radius 3 is 2.09 bits per heavy atom. The van der Waals surface area contributed by atoms with Crippen LogP contribution in [0.4, 0.5) is 30.7 Å². The molecule has 5 atom stereocenters. The SMILES string of the molecule is CC1(C)[C@H]2CC[C@]1(CS(=O)(=O)O)C(=O)C2.C[C@@H](O[C@H]1OCCN[C@@H]1c1ccc(F)cc1)c1cc(C(F)(F)F)cc(C(F)(F)F)c1. The second kappa shape index (κ2) is 12.5. The molecule has 250 valence electrons. The van der Waals surface area contributed by atoms with Crippen molar-refractivity contribution >= 4 is 15.9 Å². The summed E-state index contributed by atoms with van der Waals surface area (Å²) < 4.78 is 134. The Morgan fingerprint density at radius 1 is 1.04 bits per heavy atom. The fourth-order valence-electron chi connectivity index (χ4n) is 6.56. The van der Waals surface area contributed by atoms with E-state index in [9.17, 15) is 43.9 Å². The normalized spacial score (nSPS) is 27.2. The third kappa shape index (κ3) is 7.70. The number of Topliss-reactive ketones (excluding diaryl/α,β-unsaturated/α-hetero) is 1. The molecule has 15 heteroatoms. The number of carbonyl (C=O) groups is 1. The molecule has 0 spiro atoms. The highest BCUT2D eigenvalue weighted by Crippen LogP contribution is 2.64. The van der Waals surface area contributed by atoms with Gasteiger partial charge in [0.2, 0.25) is 0 Å². The molecular weight excluding hydrogens is 635 g/mol. The van der Waals surface area contributed by atoms with Gasteiger partial charge in [-0.15, -0.1) is 0 Å². The first kappa shape index (κ1) is 35.3. The zero-order valence-electron chi connectivity index (χ0n) is 24.6. The van der Waals surface area contributed by atoms with Gasteiger partial charge in [-0.25, -0.2) is 4.39 Å². The minimum atomic E-state index is -4.95. The van der Waals surface area contributed by atoms with E-state index in [4.69, 9.17) is 14.0 Å². The standard InChI is InChI=1S/C20H18F7NO2.C10H16O4S/c1-11(13-8-14(19(22,23)24)10-15(9-13)20(25,26)27)30-18-17(28-6-7-29-18)12-2-4-16(21)5-3-12;1-9(2)7-3-4-10(9,8(11)5-7)6-15(12,13)14/h2-5,8-11,17-18,28H,6-7H2,1H3;7H,3-6H2,1-2H3,(H,12,13,14)/t11-,17-,18-;7-,10-/m10/s1. The number of fused-ring (bicyclic) bond motifs is 2. The first-order chi connectivity index (χ1) is 20.6. The number of benzene rings is 2. The molecule has 1 aliphatic heterocycles. The van der Waals surface area contributed by atoms with Gasteiger partial charge in [0.1, 0.15) is 11.6 Å². The van der Waals surface area contributed by atoms with Crippen LogP contribution in [0.25, 0.3) is 0 Å². The molecule has 1 saturated heterocycles. The van der Waals surface area contributed by atoms with Gasteiger partial charge in [-0.05, 0) is 72.6 Å². The molecule has 2 aliphatic carbocycles. The monoisotopic (exact) mass is 669 g/mol. The molecule has 2 N–H and O–H groups in total. The first-order valence-corrected chi connectivity index (χ1v) is 15.8. The largest absolute Gasteiger partial charge is 0.416 e. The summed E-state index contributed by atoms with van der Waals surface area (Å²) in [4.78, 5) is 11.9. The third-order valence-electron chi connectivity index (χ3n) is 9.24. The molecule has 7 nitrogen and oxygen atoms in total. The van der Waals surface area contributed by atoms with Crippen LogP contribution in [0.5, 0.6) is 0 Å². The predicted octanol–water partition coefficient (Wildman–Crippen LogP) is 6.90. The number of halogens is 7. The molecule has 0 aromatic heterocycles. The molecule has 0 radical (unpaired) electrons. The van der Waals surface area contributed by atoms with E-state index in [0.717, 1.165) is 6.42 Å². The number of alkyl halides is 6. The van der Waals surface area contributed by atoms with Crippen molar-refractivity contribution in [2.45, 2.75) is 70.8 Å². The summed E-state index contributed by atoms with van der Waals surface area (Å²) in [5.74, 6) is -0.555. The lowest BCUT2D eigenvalue weighted by atomic mass is 9.70. The number of nitrogens with one attached hydrogen (secondary N) is 1. The number of ketones is 1. The molecular formula is C30H34F7NO6S. The zero-order chi connectivity index (χ0) is 33.6. The minimum Gasteiger partial charge on any atom is -0.349 e. The number of ether oxygens (including phenoxy) is 2. The van der Waals surface area contributed by atoms with Crippen LogP contribution in [0.3, 0.4) is 0 Å². The summed E-state index contributed by atoms with van der Waals surface area (Å²) in [7, 11) is -4.08. The zero-order valence-corrected chi connectivity index (χ0v) is 25.5. The van der Waals surface area contributed by atoms with Crippen LogP contribution in [-0.4, -0.2) is 43.9 Å². The third-order valence-corrected chi connectivity index (χ3v) is 10.1. The van der Waals surface area contributed by atoms with Crippen LogP contribution in [0, 0.1) is 22.6 Å². The Labute approximate surface area is 256 Å². The Balaban J connectivity index is 0.000000256. The van der Waals surface area contributed by atoms with Crippen molar-refractivity contribution in [1.82, 2.24) is 5.32 Å². The fourth-order valence-corrected chi connectivity index (χ4v) is 7.86. The summed E-state index contributed by atoms with van der Waals surface area (Å²) in [5.41, 5.74) is -3.64. The summed E-state index contributed by atoms with van der Waals surface area (Å²) >= 11 is 0. The number of hydrogen-bond donors (Lipinski definition) is 2. The summed E-state index contributed by atoms with van der Waals surface area (Å²) in [6.07, 6.45) is -10.1. The van der Waals surface area contributed by atoms with Crippen LogP contribution in [-0.2, 0) is 36.7 Å². The molecule has 1 heterocycles. The van der Waals surface area contributed by atoms with Crippen molar-refractivity contribution in [3.8, 4) is 0 Å². The average Bonchev–Trinajstić information content (AvgIpc) is 3.26. The number of carbonyl (C=O) groups excluding carboxylic acids is 1. The van der Waals surface area contributed by atoms with Crippen molar-refractivity contribution in [2.24, 2.45) is 16.7 Å². The number of hydrogen-bond acceptors (Lipinski definition) is 6. The van der Waals surface area contributed by atoms with Crippen LogP contribution in [0.2, 0.25) is 0 Å². The lowest BCUT2D eigenvalue weighted by molar-refractivity contribution is -0.200. The van der Waals surface area contributed by atoms with Crippen molar-refractivity contribution in [3.63, 3.8) is 0 Å². The van der Waals surface area contributed by atoms with Gasteiger partial charge in [0.05, 0.1) is 41.0 Å². The molecule has 5 rings (SSSR count). The average molecular weight is 670 g/mol. The highest BCUT2D eigenvalue weighted by Gasteiger charge is 2.65. The molecule has 0 amide bonds. The highest BCUT2D eigenvalue weighted by molar-refractivity contribution is 7.85. The predicted molar refractivity (Wildman–Crippen MR) is 148 cm³/mol. The maximum absolute atomic E-state index is 13.2. The van der Waals surface area contributed by atoms with Crippen molar-refractivity contribution < 1.29 is 58.0 Å². The quantitative estimate of drug-likeness (QED) is 0.255. The van der Waals surface area contributed by atoms with Gasteiger partial charge < -0.3 is 14.8 Å². The lowest BCUT2D eigenvalue weighted by Gasteiger charge is -2.35. The topological polar surface area (TPSA) is 102 Å². The van der Waals surface area contributed by atoms with Crippen LogP contribution < -0.4 is 5.32 Å². The lowest BCUT2D eigenvalue weighted by Crippen LogP contribution is -2.43. The maximum atomic E-state index is 13.2. The van der Waals surface area contributed by atoms with Gasteiger partial charge >= 0.3 is 12.4 Å². The van der Waals surface area contributed by atoms with Crippen molar-refractivity contribution in [3.05, 3.63) is 70.5 Å².